The molecule has 4 rings (SSSR count). The van der Waals surface area contributed by atoms with Gasteiger partial charge in [-0.1, -0.05) is 24.3 Å². The van der Waals surface area contributed by atoms with Crippen molar-refractivity contribution in [2.45, 2.75) is 19.3 Å². The molecule has 1 aliphatic heterocycles. The van der Waals surface area contributed by atoms with Gasteiger partial charge in [-0.3, -0.25) is 14.4 Å². The minimum absolute atomic E-state index is 0.0163. The summed E-state index contributed by atoms with van der Waals surface area (Å²) in [6, 6.07) is 15.4. The van der Waals surface area contributed by atoms with E-state index in [0.717, 1.165) is 32.4 Å². The lowest BCUT2D eigenvalue weighted by atomic mass is 10.1. The van der Waals surface area contributed by atoms with E-state index in [4.69, 9.17) is 0 Å². The largest absolute Gasteiger partial charge is 0.339 e. The highest BCUT2D eigenvalue weighted by molar-refractivity contribution is 6.12. The third-order valence-corrected chi connectivity index (χ3v) is 5.01. The van der Waals surface area contributed by atoms with Gasteiger partial charge in [0.25, 0.3) is 11.8 Å². The Hall–Kier alpha value is -3.41. The summed E-state index contributed by atoms with van der Waals surface area (Å²) in [5.74, 6) is -0.401. The van der Waals surface area contributed by atoms with Crippen LogP contribution in [0, 0.1) is 0 Å². The number of nitrogens with zero attached hydrogens (tertiary/aromatic N) is 1. The molecule has 1 aliphatic rings. The second-order valence-corrected chi connectivity index (χ2v) is 6.98. The third-order valence-electron chi connectivity index (χ3n) is 5.01. The third kappa shape index (κ3) is 3.67. The molecule has 2 amide bonds. The Morgan fingerprint density at radius 3 is 2.54 bits per heavy atom. The summed E-state index contributed by atoms with van der Waals surface area (Å²) >= 11 is 0. The smallest absolute Gasteiger partial charge is 0.256 e. The highest BCUT2D eigenvalue weighted by Gasteiger charge is 2.19. The standard InChI is InChI=1S/C22H21N3O3/c26-20-14-18(17-9-2-3-10-19(17)24-20)21(27)23-16-8-6-7-15(13-16)22(28)25-11-4-1-5-12-25/h2-3,6-10,13-14H,1,4-5,11-12H2,(H,23,27)(H,24,26). The molecule has 0 spiro atoms. The minimum atomic E-state index is -0.384. The maximum Gasteiger partial charge on any atom is 0.256 e. The first-order valence-electron chi connectivity index (χ1n) is 9.44. The lowest BCUT2D eigenvalue weighted by Crippen LogP contribution is -2.35. The number of piperidine rings is 1. The maximum absolute atomic E-state index is 12.8. The Morgan fingerprint density at radius 1 is 0.929 bits per heavy atom. The molecule has 28 heavy (non-hydrogen) atoms. The molecule has 142 valence electrons. The average molecular weight is 375 g/mol. The molecule has 1 saturated heterocycles. The predicted octanol–water partition coefficient (Wildman–Crippen LogP) is 3.41. The molecule has 6 nitrogen and oxygen atoms in total. The molecule has 2 N–H and O–H groups in total. The SMILES string of the molecule is O=C(Nc1cccc(C(=O)N2CCCCC2)c1)c1cc(=O)[nH]c2ccccc12. The molecule has 2 heterocycles. The number of nitrogens with one attached hydrogen (secondary N) is 2. The van der Waals surface area contributed by atoms with Crippen molar-refractivity contribution in [3.05, 3.63) is 76.1 Å². The molecule has 0 saturated carbocycles. The Balaban J connectivity index is 1.59. The number of amides is 2. The molecule has 3 aromatic rings. The van der Waals surface area contributed by atoms with Crippen LogP contribution in [0.5, 0.6) is 0 Å². The van der Waals surface area contributed by atoms with E-state index < -0.39 is 0 Å². The van der Waals surface area contributed by atoms with Crippen LogP contribution in [0.2, 0.25) is 0 Å². The number of fused-ring (bicyclic) bond motifs is 1. The highest BCUT2D eigenvalue weighted by Crippen LogP contribution is 2.19. The summed E-state index contributed by atoms with van der Waals surface area (Å²) in [5, 5.41) is 3.48. The van der Waals surface area contributed by atoms with E-state index in [1.165, 1.54) is 6.07 Å². The number of benzene rings is 2. The topological polar surface area (TPSA) is 82.3 Å². The van der Waals surface area contributed by atoms with Gasteiger partial charge in [-0.25, -0.2) is 0 Å². The number of H-pyrrole nitrogens is 1. The number of aromatic nitrogens is 1. The first kappa shape index (κ1) is 18.0. The van der Waals surface area contributed by atoms with Crippen molar-refractivity contribution >= 4 is 28.4 Å². The molecule has 2 aromatic carbocycles. The van der Waals surface area contributed by atoms with E-state index in [1.54, 1.807) is 42.5 Å². The number of hydrogen-bond acceptors (Lipinski definition) is 3. The average Bonchev–Trinajstić information content (AvgIpc) is 2.73. The van der Waals surface area contributed by atoms with E-state index in [9.17, 15) is 14.4 Å². The number of pyridine rings is 1. The Labute approximate surface area is 162 Å². The van der Waals surface area contributed by atoms with E-state index in [2.05, 4.69) is 10.3 Å². The zero-order chi connectivity index (χ0) is 19.5. The summed E-state index contributed by atoms with van der Waals surface area (Å²) in [6.07, 6.45) is 3.21. The molecule has 1 aromatic heterocycles. The number of aromatic amines is 1. The molecule has 0 bridgehead atoms. The summed E-state index contributed by atoms with van der Waals surface area (Å²) in [4.78, 5) is 42.0. The van der Waals surface area contributed by atoms with Gasteiger partial charge >= 0.3 is 0 Å². The fourth-order valence-corrected chi connectivity index (χ4v) is 3.60. The van der Waals surface area contributed by atoms with Gasteiger partial charge in [0.2, 0.25) is 5.56 Å². The van der Waals surface area contributed by atoms with Gasteiger partial charge in [-0.05, 0) is 43.5 Å². The number of anilines is 1. The number of carbonyl (C=O) groups is 2. The van der Waals surface area contributed by atoms with Gasteiger partial charge < -0.3 is 15.2 Å². The van der Waals surface area contributed by atoms with Crippen molar-refractivity contribution in [1.82, 2.24) is 9.88 Å². The molecular formula is C22H21N3O3. The van der Waals surface area contributed by atoms with Crippen molar-refractivity contribution in [2.75, 3.05) is 18.4 Å². The predicted molar refractivity (Wildman–Crippen MR) is 109 cm³/mol. The van der Waals surface area contributed by atoms with Crippen LogP contribution in [-0.2, 0) is 0 Å². The first-order chi connectivity index (χ1) is 13.6. The van der Waals surface area contributed by atoms with E-state index in [-0.39, 0.29) is 17.4 Å². The van der Waals surface area contributed by atoms with Crippen molar-refractivity contribution in [2.24, 2.45) is 0 Å². The highest BCUT2D eigenvalue weighted by atomic mass is 16.2. The van der Waals surface area contributed by atoms with Crippen LogP contribution in [0.3, 0.4) is 0 Å². The van der Waals surface area contributed by atoms with Crippen LogP contribution >= 0.6 is 0 Å². The van der Waals surface area contributed by atoms with E-state index in [1.807, 2.05) is 11.0 Å². The van der Waals surface area contributed by atoms with Crippen molar-refractivity contribution < 1.29 is 9.59 Å². The number of hydrogen-bond donors (Lipinski definition) is 2. The number of likely N-dealkylation sites (tertiary alicyclic amines) is 1. The summed E-state index contributed by atoms with van der Waals surface area (Å²) in [5.41, 5.74) is 1.65. The second kappa shape index (κ2) is 7.68. The lowest BCUT2D eigenvalue weighted by Gasteiger charge is -2.26. The van der Waals surface area contributed by atoms with Crippen LogP contribution in [-0.4, -0.2) is 34.8 Å². The first-order valence-corrected chi connectivity index (χ1v) is 9.44. The molecule has 1 fully saturated rings. The number of para-hydroxylation sites is 1. The molecule has 0 atom stereocenters. The molecular weight excluding hydrogens is 354 g/mol. The summed E-state index contributed by atoms with van der Waals surface area (Å²) < 4.78 is 0. The molecule has 0 radical (unpaired) electrons. The Morgan fingerprint density at radius 2 is 1.71 bits per heavy atom. The fraction of sp³-hybridized carbons (Fsp3) is 0.227. The van der Waals surface area contributed by atoms with Crippen molar-refractivity contribution in [3.63, 3.8) is 0 Å². The van der Waals surface area contributed by atoms with Gasteiger partial charge in [-0.2, -0.15) is 0 Å². The van der Waals surface area contributed by atoms with Crippen LogP contribution < -0.4 is 10.9 Å². The normalized spacial score (nSPS) is 14.1. The van der Waals surface area contributed by atoms with Gasteiger partial charge in [0.15, 0.2) is 0 Å². The molecule has 0 unspecified atom stereocenters. The van der Waals surface area contributed by atoms with Crippen LogP contribution in [0.1, 0.15) is 40.0 Å². The van der Waals surface area contributed by atoms with Gasteiger partial charge in [-0.15, -0.1) is 0 Å². The zero-order valence-corrected chi connectivity index (χ0v) is 15.4. The molecule has 6 heteroatoms. The quantitative estimate of drug-likeness (QED) is 0.736. The fourth-order valence-electron chi connectivity index (χ4n) is 3.60. The summed E-state index contributed by atoms with van der Waals surface area (Å²) in [6.45, 7) is 1.54. The molecule has 0 aliphatic carbocycles. The van der Waals surface area contributed by atoms with Gasteiger partial charge in [0.1, 0.15) is 0 Å². The lowest BCUT2D eigenvalue weighted by molar-refractivity contribution is 0.0724. The Bertz CT molecular complexity index is 1100. The number of carbonyl (C=O) groups excluding carboxylic acids is 2. The minimum Gasteiger partial charge on any atom is -0.339 e. The van der Waals surface area contributed by atoms with Crippen LogP contribution in [0.25, 0.3) is 10.9 Å². The van der Waals surface area contributed by atoms with Crippen LogP contribution in [0.15, 0.2) is 59.4 Å². The summed E-state index contributed by atoms with van der Waals surface area (Å²) in [7, 11) is 0. The maximum atomic E-state index is 12.8. The van der Waals surface area contributed by atoms with Crippen molar-refractivity contribution in [1.29, 1.82) is 0 Å². The van der Waals surface area contributed by atoms with E-state index in [0.29, 0.717) is 27.7 Å². The van der Waals surface area contributed by atoms with Gasteiger partial charge in [0.05, 0.1) is 5.56 Å². The van der Waals surface area contributed by atoms with E-state index >= 15 is 0 Å². The zero-order valence-electron chi connectivity index (χ0n) is 15.4. The van der Waals surface area contributed by atoms with Crippen LogP contribution in [0.4, 0.5) is 5.69 Å². The second-order valence-electron chi connectivity index (χ2n) is 6.98. The monoisotopic (exact) mass is 375 g/mol. The Kier molecular flexibility index (Phi) is 4.93. The van der Waals surface area contributed by atoms with Crippen molar-refractivity contribution in [3.8, 4) is 0 Å². The number of rotatable bonds is 3. The van der Waals surface area contributed by atoms with Gasteiger partial charge in [0, 0.05) is 41.3 Å².